The zero-order valence-corrected chi connectivity index (χ0v) is 19.1. The number of nitrogens with zero attached hydrogens (tertiary/aromatic N) is 2. The number of carboxylic acids is 1. The number of methoxy groups -OCH3 is 1. The van der Waals surface area contributed by atoms with Crippen LogP contribution in [-0.4, -0.2) is 40.4 Å². The van der Waals surface area contributed by atoms with Crippen LogP contribution in [0.15, 0.2) is 47.2 Å². The molecule has 174 valence electrons. The normalized spacial score (nSPS) is 17.0. The van der Waals surface area contributed by atoms with Crippen molar-refractivity contribution in [2.24, 2.45) is 0 Å². The Morgan fingerprint density at radius 1 is 1.24 bits per heavy atom. The lowest BCUT2D eigenvalue weighted by Crippen LogP contribution is -2.14. The van der Waals surface area contributed by atoms with E-state index in [4.69, 9.17) is 19.0 Å². The van der Waals surface area contributed by atoms with Gasteiger partial charge in [-0.2, -0.15) is 0 Å². The van der Waals surface area contributed by atoms with E-state index in [0.29, 0.717) is 18.0 Å². The van der Waals surface area contributed by atoms with Crippen LogP contribution in [0.1, 0.15) is 57.4 Å². The molecule has 4 rings (SSSR count). The van der Waals surface area contributed by atoms with Crippen molar-refractivity contribution in [2.75, 3.05) is 7.11 Å². The van der Waals surface area contributed by atoms with E-state index in [0.717, 1.165) is 54.4 Å². The summed E-state index contributed by atoms with van der Waals surface area (Å²) in [7, 11) is 1.75. The minimum Gasteiger partial charge on any atom is -0.481 e. The summed E-state index contributed by atoms with van der Waals surface area (Å²) in [6.07, 6.45) is 8.78. The maximum absolute atomic E-state index is 10.8. The molecule has 7 nitrogen and oxygen atoms in total. The van der Waals surface area contributed by atoms with E-state index in [2.05, 4.69) is 16.0 Å². The molecule has 7 heteroatoms. The molecule has 0 radical (unpaired) electrons. The molecule has 0 bridgehead atoms. The summed E-state index contributed by atoms with van der Waals surface area (Å²) in [6, 6.07) is 10.0. The minimum absolute atomic E-state index is 0.113. The van der Waals surface area contributed by atoms with E-state index in [-0.39, 0.29) is 18.6 Å². The maximum atomic E-state index is 10.8. The van der Waals surface area contributed by atoms with Crippen LogP contribution in [0.2, 0.25) is 0 Å². The van der Waals surface area contributed by atoms with Crippen LogP contribution in [0.3, 0.4) is 0 Å². The second kappa shape index (κ2) is 10.6. The second-order valence-corrected chi connectivity index (χ2v) is 8.46. The summed E-state index contributed by atoms with van der Waals surface area (Å²) in [5, 5.41) is 9.63. The zero-order valence-electron chi connectivity index (χ0n) is 19.1. The summed E-state index contributed by atoms with van der Waals surface area (Å²) in [5.74, 6) is 0.502. The second-order valence-electron chi connectivity index (χ2n) is 8.46. The van der Waals surface area contributed by atoms with Gasteiger partial charge in [0, 0.05) is 24.7 Å². The van der Waals surface area contributed by atoms with Gasteiger partial charge in [0.25, 0.3) is 0 Å². The van der Waals surface area contributed by atoms with Gasteiger partial charge in [0.2, 0.25) is 11.6 Å². The average molecular weight is 451 g/mol. The first-order valence-electron chi connectivity index (χ1n) is 11.5. The Hall–Kier alpha value is -3.19. The molecule has 0 fully saturated rings. The lowest BCUT2D eigenvalue weighted by Gasteiger charge is -2.21. The summed E-state index contributed by atoms with van der Waals surface area (Å²) < 4.78 is 18.1. The molecule has 1 N–H and O–H groups in total. The Balaban J connectivity index is 1.70. The number of ether oxygens (including phenoxy) is 2. The topological polar surface area (TPSA) is 94.7 Å². The molecule has 2 heterocycles. The maximum Gasteiger partial charge on any atom is 0.303 e. The van der Waals surface area contributed by atoms with Gasteiger partial charge in [-0.1, -0.05) is 36.4 Å². The van der Waals surface area contributed by atoms with Crippen molar-refractivity contribution in [1.29, 1.82) is 0 Å². The highest BCUT2D eigenvalue weighted by Gasteiger charge is 2.27. The van der Waals surface area contributed by atoms with Crippen LogP contribution in [0.4, 0.5) is 0 Å². The van der Waals surface area contributed by atoms with Crippen molar-refractivity contribution in [2.45, 2.75) is 64.1 Å². The molecular formula is C26H30N2O5. The molecule has 3 aromatic rings. The third-order valence-electron chi connectivity index (χ3n) is 6.07. The van der Waals surface area contributed by atoms with E-state index >= 15 is 0 Å². The molecule has 0 aliphatic heterocycles. The first-order valence-corrected chi connectivity index (χ1v) is 11.5. The van der Waals surface area contributed by atoms with Gasteiger partial charge in [-0.05, 0) is 51.0 Å². The molecule has 2 aromatic heterocycles. The highest BCUT2D eigenvalue weighted by Crippen LogP contribution is 2.43. The number of rotatable bonds is 10. The fourth-order valence-corrected chi connectivity index (χ4v) is 4.30. The van der Waals surface area contributed by atoms with Gasteiger partial charge in [0.1, 0.15) is 17.5 Å². The molecule has 33 heavy (non-hydrogen) atoms. The number of carbonyl (C=O) groups is 1. The molecule has 1 unspecified atom stereocenters. The molecule has 0 saturated carbocycles. The van der Waals surface area contributed by atoms with Crippen molar-refractivity contribution in [3.05, 3.63) is 48.3 Å². The predicted molar refractivity (Wildman–Crippen MR) is 126 cm³/mol. The summed E-state index contributed by atoms with van der Waals surface area (Å²) in [6.45, 7) is 1.98. The van der Waals surface area contributed by atoms with Crippen LogP contribution >= 0.6 is 0 Å². The largest absolute Gasteiger partial charge is 0.481 e. The van der Waals surface area contributed by atoms with E-state index in [1.807, 2.05) is 37.3 Å². The Labute approximate surface area is 193 Å². The first kappa shape index (κ1) is 23.0. The Morgan fingerprint density at radius 3 is 2.76 bits per heavy atom. The number of fused-ring (bicyclic) bond motifs is 1. The number of benzene rings is 1. The number of hydrogen-bond acceptors (Lipinski definition) is 6. The van der Waals surface area contributed by atoms with Gasteiger partial charge in [0.05, 0.1) is 12.2 Å². The number of unbranched alkanes of at least 4 members (excludes halogenated alkanes) is 1. The van der Waals surface area contributed by atoms with E-state index in [1.165, 1.54) is 11.9 Å². The van der Waals surface area contributed by atoms with Crippen LogP contribution < -0.4 is 4.74 Å². The van der Waals surface area contributed by atoms with Gasteiger partial charge in [-0.15, -0.1) is 0 Å². The molecule has 0 amide bonds. The van der Waals surface area contributed by atoms with E-state index in [9.17, 15) is 4.79 Å². The predicted octanol–water partition coefficient (Wildman–Crippen LogP) is 5.88. The van der Waals surface area contributed by atoms with Crippen molar-refractivity contribution < 1.29 is 23.8 Å². The van der Waals surface area contributed by atoms with E-state index in [1.54, 1.807) is 7.11 Å². The number of hydrogen-bond donors (Lipinski definition) is 1. The fourth-order valence-electron chi connectivity index (χ4n) is 4.30. The average Bonchev–Trinajstić information content (AvgIpc) is 3.23. The van der Waals surface area contributed by atoms with Gasteiger partial charge in [-0.3, -0.25) is 4.79 Å². The molecule has 0 saturated heterocycles. The Kier molecular flexibility index (Phi) is 7.40. The quantitative estimate of drug-likeness (QED) is 0.385. The lowest BCUT2D eigenvalue weighted by molar-refractivity contribution is -0.137. The molecule has 1 aliphatic carbocycles. The van der Waals surface area contributed by atoms with Crippen LogP contribution in [0, 0.1) is 0 Å². The minimum atomic E-state index is -0.769. The van der Waals surface area contributed by atoms with Crippen LogP contribution in [0.25, 0.3) is 28.0 Å². The van der Waals surface area contributed by atoms with Crippen molar-refractivity contribution >= 4 is 22.6 Å². The third kappa shape index (κ3) is 5.42. The van der Waals surface area contributed by atoms with Gasteiger partial charge >= 0.3 is 5.97 Å². The van der Waals surface area contributed by atoms with Crippen LogP contribution in [0.5, 0.6) is 5.88 Å². The van der Waals surface area contributed by atoms with Crippen LogP contribution in [-0.2, 0) is 9.53 Å². The Bertz CT molecular complexity index is 1120. The first-order chi connectivity index (χ1) is 16.1. The highest BCUT2D eigenvalue weighted by atomic mass is 16.5. The molecule has 0 spiro atoms. The molecular weight excluding hydrogens is 420 g/mol. The summed E-state index contributed by atoms with van der Waals surface area (Å²) in [4.78, 5) is 19.6. The molecule has 1 aliphatic rings. The number of aromatic nitrogens is 2. The zero-order chi connectivity index (χ0) is 23.2. The van der Waals surface area contributed by atoms with Gasteiger partial charge < -0.3 is 19.0 Å². The number of carboxylic acid groups (broad SMARTS) is 1. The highest BCUT2D eigenvalue weighted by molar-refractivity contribution is 5.99. The molecule has 1 aromatic carbocycles. The van der Waals surface area contributed by atoms with Gasteiger partial charge in [-0.25, -0.2) is 9.97 Å². The lowest BCUT2D eigenvalue weighted by atomic mass is 9.89. The van der Waals surface area contributed by atoms with Crippen molar-refractivity contribution in [3.63, 3.8) is 0 Å². The van der Waals surface area contributed by atoms with Crippen molar-refractivity contribution in [3.8, 4) is 17.2 Å². The van der Waals surface area contributed by atoms with Crippen molar-refractivity contribution in [1.82, 2.24) is 9.97 Å². The number of furan rings is 1. The monoisotopic (exact) mass is 450 g/mol. The number of aliphatic carboxylic acids is 1. The van der Waals surface area contributed by atoms with E-state index < -0.39 is 5.97 Å². The smallest absolute Gasteiger partial charge is 0.303 e. The summed E-state index contributed by atoms with van der Waals surface area (Å²) >= 11 is 0. The summed E-state index contributed by atoms with van der Waals surface area (Å²) in [5.41, 5.74) is 3.66. The fraction of sp³-hybridized carbons (Fsp3) is 0.423. The Morgan fingerprint density at radius 2 is 2.06 bits per heavy atom. The van der Waals surface area contributed by atoms with Gasteiger partial charge in [0.15, 0.2) is 0 Å². The molecule has 2 atom stereocenters. The number of allylic oxidation sites excluding steroid dienone is 1. The third-order valence-corrected chi connectivity index (χ3v) is 6.07. The SMILES string of the molecule is COC1CC=C(c2c(-c3ccccc3)oc3ncnc(O[C@H](C)CCCCC(=O)O)c23)CC1. The standard InChI is InChI=1S/C26H30N2O5/c1-17(8-6-7-11-21(29)30)32-25-23-22(18-12-14-20(31-2)15-13-18)24(19-9-4-3-5-10-19)33-26(23)28-16-27-25/h3-5,9-10,12,16-17,20H,6-8,11,13-15H2,1-2H3,(H,29,30)/t17-,20?/m1/s1.